The third-order valence-electron chi connectivity index (χ3n) is 3.74. The molecule has 0 radical (unpaired) electrons. The Labute approximate surface area is 149 Å². The van der Waals surface area contributed by atoms with Crippen molar-refractivity contribution in [2.45, 2.75) is 25.8 Å². The van der Waals surface area contributed by atoms with Crippen LogP contribution in [0.5, 0.6) is 0 Å². The van der Waals surface area contributed by atoms with Gasteiger partial charge in [0.1, 0.15) is 0 Å². The molecule has 0 atom stereocenters. The normalized spacial score (nSPS) is 11.2. The van der Waals surface area contributed by atoms with Crippen molar-refractivity contribution >= 4 is 15.9 Å². The molecule has 2 N–H and O–H groups in total. The molecular formula is C19H24N2O3S. The molecular weight excluding hydrogens is 336 g/mol. The molecule has 2 rings (SSSR count). The van der Waals surface area contributed by atoms with E-state index in [2.05, 4.69) is 10.0 Å². The van der Waals surface area contributed by atoms with Crippen LogP contribution in [0.15, 0.2) is 60.7 Å². The molecule has 0 bridgehead atoms. The van der Waals surface area contributed by atoms with Gasteiger partial charge in [0.15, 0.2) is 0 Å². The van der Waals surface area contributed by atoms with Gasteiger partial charge >= 0.3 is 0 Å². The quantitative estimate of drug-likeness (QED) is 0.682. The molecule has 2 aromatic carbocycles. The molecule has 0 aliphatic carbocycles. The molecule has 0 unspecified atom stereocenters. The van der Waals surface area contributed by atoms with Gasteiger partial charge in [-0.2, -0.15) is 0 Å². The summed E-state index contributed by atoms with van der Waals surface area (Å²) in [5.41, 5.74) is 2.10. The summed E-state index contributed by atoms with van der Waals surface area (Å²) >= 11 is 0. The van der Waals surface area contributed by atoms with Gasteiger partial charge in [-0.05, 0) is 24.0 Å². The van der Waals surface area contributed by atoms with E-state index in [-0.39, 0.29) is 24.7 Å². The lowest BCUT2D eigenvalue weighted by Crippen LogP contribution is -2.34. The highest BCUT2D eigenvalue weighted by atomic mass is 32.2. The van der Waals surface area contributed by atoms with Crippen LogP contribution in [-0.2, 0) is 27.8 Å². The van der Waals surface area contributed by atoms with Gasteiger partial charge in [-0.25, -0.2) is 13.1 Å². The van der Waals surface area contributed by atoms with Crippen LogP contribution in [0.1, 0.15) is 24.0 Å². The topological polar surface area (TPSA) is 75.3 Å². The van der Waals surface area contributed by atoms with Crippen LogP contribution in [0.25, 0.3) is 0 Å². The predicted octanol–water partition coefficient (Wildman–Crippen LogP) is 2.25. The van der Waals surface area contributed by atoms with Gasteiger partial charge in [-0.1, -0.05) is 60.7 Å². The average Bonchev–Trinajstić information content (AvgIpc) is 2.62. The second-order valence-electron chi connectivity index (χ2n) is 5.81. The molecule has 0 aliphatic heterocycles. The van der Waals surface area contributed by atoms with Crippen molar-refractivity contribution in [1.29, 1.82) is 0 Å². The van der Waals surface area contributed by atoms with Crippen molar-refractivity contribution in [2.75, 3.05) is 12.3 Å². The van der Waals surface area contributed by atoms with Crippen LogP contribution in [0.4, 0.5) is 0 Å². The number of benzene rings is 2. The Morgan fingerprint density at radius 2 is 1.48 bits per heavy atom. The molecule has 1 amide bonds. The highest BCUT2D eigenvalue weighted by Crippen LogP contribution is 2.04. The maximum Gasteiger partial charge on any atom is 0.220 e. The Morgan fingerprint density at radius 1 is 0.880 bits per heavy atom. The second-order valence-corrected chi connectivity index (χ2v) is 7.74. The van der Waals surface area contributed by atoms with Gasteiger partial charge < -0.3 is 5.32 Å². The Bertz CT molecular complexity index is 747. The van der Waals surface area contributed by atoms with Crippen LogP contribution in [0, 0.1) is 0 Å². The number of carbonyl (C=O) groups excluding carboxylic acids is 1. The van der Waals surface area contributed by atoms with E-state index in [0.717, 1.165) is 18.4 Å². The zero-order chi connectivity index (χ0) is 18.0. The molecule has 0 spiro atoms. The van der Waals surface area contributed by atoms with E-state index in [9.17, 15) is 13.2 Å². The van der Waals surface area contributed by atoms with E-state index >= 15 is 0 Å². The maximum absolute atomic E-state index is 11.9. The maximum atomic E-state index is 11.9. The van der Waals surface area contributed by atoms with E-state index in [4.69, 9.17) is 0 Å². The summed E-state index contributed by atoms with van der Waals surface area (Å²) in [6.07, 6.45) is 1.98. The van der Waals surface area contributed by atoms with Crippen molar-refractivity contribution < 1.29 is 13.2 Å². The van der Waals surface area contributed by atoms with Gasteiger partial charge in [-0.15, -0.1) is 0 Å². The van der Waals surface area contributed by atoms with Gasteiger partial charge in [-0.3, -0.25) is 4.79 Å². The van der Waals surface area contributed by atoms with Crippen LogP contribution >= 0.6 is 0 Å². The van der Waals surface area contributed by atoms with Crippen molar-refractivity contribution in [2.24, 2.45) is 0 Å². The van der Waals surface area contributed by atoms with Crippen LogP contribution in [0.3, 0.4) is 0 Å². The number of carbonyl (C=O) groups is 1. The fourth-order valence-electron chi connectivity index (χ4n) is 2.37. The first-order valence-electron chi connectivity index (χ1n) is 8.37. The zero-order valence-electron chi connectivity index (χ0n) is 14.1. The van der Waals surface area contributed by atoms with E-state index in [1.165, 1.54) is 5.56 Å². The first kappa shape index (κ1) is 19.1. The largest absolute Gasteiger partial charge is 0.355 e. The fourth-order valence-corrected chi connectivity index (χ4v) is 3.27. The number of rotatable bonds is 10. The summed E-state index contributed by atoms with van der Waals surface area (Å²) in [5, 5.41) is 2.67. The fraction of sp³-hybridized carbons (Fsp3) is 0.316. The molecule has 0 fully saturated rings. The minimum Gasteiger partial charge on any atom is -0.355 e. The molecule has 0 saturated carbocycles. The molecule has 0 heterocycles. The molecule has 25 heavy (non-hydrogen) atoms. The molecule has 5 nitrogen and oxygen atoms in total. The Kier molecular flexibility index (Phi) is 7.63. The summed E-state index contributed by atoms with van der Waals surface area (Å²) in [6, 6.07) is 19.3. The number of aryl methyl sites for hydroxylation is 1. The lowest BCUT2D eigenvalue weighted by molar-refractivity contribution is -0.121. The molecule has 2 aromatic rings. The van der Waals surface area contributed by atoms with Crippen molar-refractivity contribution in [3.8, 4) is 0 Å². The number of hydrogen-bond donors (Lipinski definition) is 2. The van der Waals surface area contributed by atoms with Crippen LogP contribution < -0.4 is 10.0 Å². The van der Waals surface area contributed by atoms with Crippen LogP contribution in [0.2, 0.25) is 0 Å². The molecule has 0 saturated heterocycles. The van der Waals surface area contributed by atoms with E-state index < -0.39 is 10.0 Å². The zero-order valence-corrected chi connectivity index (χ0v) is 15.0. The van der Waals surface area contributed by atoms with Gasteiger partial charge in [0.25, 0.3) is 0 Å². The smallest absolute Gasteiger partial charge is 0.220 e. The van der Waals surface area contributed by atoms with E-state index in [1.807, 2.05) is 60.7 Å². The second kappa shape index (κ2) is 9.96. The van der Waals surface area contributed by atoms with E-state index in [1.54, 1.807) is 0 Å². The highest BCUT2D eigenvalue weighted by molar-refractivity contribution is 7.89. The summed E-state index contributed by atoms with van der Waals surface area (Å²) < 4.78 is 26.4. The standard InChI is InChI=1S/C19H24N2O3S/c22-19(13-7-12-17-8-3-1-4-9-17)20-14-15-25(23,24)21-16-18-10-5-2-6-11-18/h1-6,8-11,21H,7,12-16H2,(H,20,22). The van der Waals surface area contributed by atoms with Gasteiger partial charge in [0, 0.05) is 19.5 Å². The number of amides is 1. The number of nitrogens with one attached hydrogen (secondary N) is 2. The summed E-state index contributed by atoms with van der Waals surface area (Å²) in [6.45, 7) is 0.377. The van der Waals surface area contributed by atoms with Crippen molar-refractivity contribution in [3.63, 3.8) is 0 Å². The van der Waals surface area contributed by atoms with Gasteiger partial charge in [0.05, 0.1) is 5.75 Å². The highest BCUT2D eigenvalue weighted by Gasteiger charge is 2.10. The van der Waals surface area contributed by atoms with Crippen LogP contribution in [-0.4, -0.2) is 26.6 Å². The molecule has 6 heteroatoms. The molecule has 134 valence electrons. The Balaban J connectivity index is 1.61. The Morgan fingerprint density at radius 3 is 2.12 bits per heavy atom. The third kappa shape index (κ3) is 7.96. The summed E-state index contributed by atoms with van der Waals surface area (Å²) in [7, 11) is -3.40. The summed E-state index contributed by atoms with van der Waals surface area (Å²) in [5.74, 6) is -0.237. The predicted molar refractivity (Wildman–Crippen MR) is 99.5 cm³/mol. The lowest BCUT2D eigenvalue weighted by Gasteiger charge is -2.08. The minimum absolute atomic E-state index is 0.116. The van der Waals surface area contributed by atoms with Crippen molar-refractivity contribution in [3.05, 3.63) is 71.8 Å². The first-order chi connectivity index (χ1) is 12.1. The van der Waals surface area contributed by atoms with Gasteiger partial charge in [0.2, 0.25) is 15.9 Å². The molecule has 0 aliphatic rings. The average molecular weight is 360 g/mol. The monoisotopic (exact) mass is 360 g/mol. The van der Waals surface area contributed by atoms with Crippen molar-refractivity contribution in [1.82, 2.24) is 10.0 Å². The first-order valence-corrected chi connectivity index (χ1v) is 10.0. The lowest BCUT2D eigenvalue weighted by atomic mass is 10.1. The number of hydrogen-bond acceptors (Lipinski definition) is 3. The Hall–Kier alpha value is -2.18. The summed E-state index contributed by atoms with van der Waals surface area (Å²) in [4.78, 5) is 11.8. The third-order valence-corrected chi connectivity index (χ3v) is 5.07. The van der Waals surface area contributed by atoms with E-state index in [0.29, 0.717) is 6.42 Å². The SMILES string of the molecule is O=C(CCCc1ccccc1)NCCS(=O)(=O)NCc1ccccc1. The number of sulfonamides is 1. The minimum atomic E-state index is -3.40. The molecule has 0 aromatic heterocycles.